The molecule has 0 aliphatic rings. The molecule has 0 fully saturated rings. The van der Waals surface area contributed by atoms with E-state index in [1.165, 1.54) is 0 Å². The Morgan fingerprint density at radius 3 is 2.37 bits per heavy atom. The number of aliphatic hydroxyl groups is 1. The lowest BCUT2D eigenvalue weighted by atomic mass is 10.00. The van der Waals surface area contributed by atoms with E-state index in [1.807, 2.05) is 25.1 Å². The van der Waals surface area contributed by atoms with Crippen LogP contribution in [0, 0.1) is 6.92 Å². The van der Waals surface area contributed by atoms with Gasteiger partial charge in [-0.05, 0) is 41.8 Å². The van der Waals surface area contributed by atoms with Crippen LogP contribution >= 0.6 is 39.1 Å². The van der Waals surface area contributed by atoms with Gasteiger partial charge in [-0.15, -0.1) is 0 Å². The number of aliphatic hydroxyl groups excluding tert-OH is 1. The van der Waals surface area contributed by atoms with Gasteiger partial charge in [-0.2, -0.15) is 0 Å². The lowest BCUT2D eigenvalue weighted by Crippen LogP contribution is -2.03. The molecule has 1 nitrogen and oxygen atoms in total. The third-order valence-electron chi connectivity index (χ3n) is 3.03. The third-order valence-corrected chi connectivity index (χ3v) is 4.62. The van der Waals surface area contributed by atoms with Gasteiger partial charge in [0, 0.05) is 20.9 Å². The summed E-state index contributed by atoms with van der Waals surface area (Å²) in [6.07, 6.45) is -0.219. The van der Waals surface area contributed by atoms with Crippen LogP contribution in [0.4, 0.5) is 0 Å². The molecule has 1 N–H and O–H groups in total. The van der Waals surface area contributed by atoms with E-state index in [0.717, 1.165) is 21.2 Å². The van der Waals surface area contributed by atoms with E-state index < -0.39 is 6.10 Å². The molecule has 0 amide bonds. The van der Waals surface area contributed by atoms with Crippen LogP contribution in [0.15, 0.2) is 40.9 Å². The van der Waals surface area contributed by atoms with Gasteiger partial charge in [-0.1, -0.05) is 57.3 Å². The molecule has 0 radical (unpaired) electrons. The summed E-state index contributed by atoms with van der Waals surface area (Å²) >= 11 is 15.7. The average Bonchev–Trinajstić information content (AvgIpc) is 2.37. The van der Waals surface area contributed by atoms with Crippen LogP contribution in [0.5, 0.6) is 0 Å². The number of halogens is 3. The van der Waals surface area contributed by atoms with Crippen LogP contribution in [0.3, 0.4) is 0 Å². The molecule has 2 aromatic rings. The zero-order chi connectivity index (χ0) is 14.0. The summed E-state index contributed by atoms with van der Waals surface area (Å²) in [5, 5.41) is 11.5. The van der Waals surface area contributed by atoms with Crippen LogP contribution in [0.1, 0.15) is 22.8 Å². The monoisotopic (exact) mass is 358 g/mol. The molecule has 1 atom stereocenters. The molecule has 0 bridgehead atoms. The molecule has 1 unspecified atom stereocenters. The highest BCUT2D eigenvalue weighted by Crippen LogP contribution is 2.30. The quantitative estimate of drug-likeness (QED) is 0.784. The Labute approximate surface area is 131 Å². The minimum Gasteiger partial charge on any atom is -0.388 e. The van der Waals surface area contributed by atoms with Gasteiger partial charge in [0.1, 0.15) is 0 Å². The van der Waals surface area contributed by atoms with Gasteiger partial charge < -0.3 is 5.11 Å². The highest BCUT2D eigenvalue weighted by atomic mass is 79.9. The number of aryl methyl sites for hydroxylation is 1. The molecule has 0 aromatic heterocycles. The number of benzene rings is 2. The van der Waals surface area contributed by atoms with Crippen LogP contribution in [0.2, 0.25) is 10.0 Å². The molecule has 0 aliphatic carbocycles. The minimum absolute atomic E-state index is 0.402. The normalized spacial score (nSPS) is 12.5. The molecule has 0 saturated heterocycles. The summed E-state index contributed by atoms with van der Waals surface area (Å²) in [6, 6.07) is 11.1. The summed E-state index contributed by atoms with van der Waals surface area (Å²) < 4.78 is 1.03. The van der Waals surface area contributed by atoms with Gasteiger partial charge in [0.15, 0.2) is 0 Å². The molecule has 0 heterocycles. The van der Waals surface area contributed by atoms with Crippen LogP contribution < -0.4 is 0 Å². The van der Waals surface area contributed by atoms with Crippen molar-refractivity contribution in [2.75, 3.05) is 0 Å². The Bertz CT molecular complexity index is 578. The van der Waals surface area contributed by atoms with Crippen molar-refractivity contribution in [3.63, 3.8) is 0 Å². The maximum atomic E-state index is 10.3. The van der Waals surface area contributed by atoms with E-state index in [1.54, 1.807) is 18.2 Å². The summed E-state index contributed by atoms with van der Waals surface area (Å²) in [5.41, 5.74) is 2.72. The molecule has 100 valence electrons. The van der Waals surface area contributed by atoms with Crippen LogP contribution in [0.25, 0.3) is 0 Å². The Hall–Kier alpha value is -0.540. The van der Waals surface area contributed by atoms with Crippen molar-refractivity contribution in [2.45, 2.75) is 19.4 Å². The minimum atomic E-state index is -0.621. The average molecular weight is 360 g/mol. The maximum absolute atomic E-state index is 10.3. The molecule has 2 aromatic carbocycles. The fourth-order valence-electron chi connectivity index (χ4n) is 1.91. The van der Waals surface area contributed by atoms with Crippen molar-refractivity contribution in [2.24, 2.45) is 0 Å². The fourth-order valence-corrected chi connectivity index (χ4v) is 2.71. The predicted octanol–water partition coefficient (Wildman–Crippen LogP) is 5.34. The van der Waals surface area contributed by atoms with E-state index in [0.29, 0.717) is 16.5 Å². The Kier molecular flexibility index (Phi) is 4.91. The van der Waals surface area contributed by atoms with E-state index >= 15 is 0 Å². The van der Waals surface area contributed by atoms with Crippen molar-refractivity contribution in [1.29, 1.82) is 0 Å². The summed E-state index contributed by atoms with van der Waals surface area (Å²) in [6.45, 7) is 1.99. The van der Waals surface area contributed by atoms with E-state index in [9.17, 15) is 5.11 Å². The molecule has 0 spiro atoms. The molecule has 19 heavy (non-hydrogen) atoms. The molecule has 0 aliphatic heterocycles. The van der Waals surface area contributed by atoms with Gasteiger partial charge in [0.05, 0.1) is 6.10 Å². The van der Waals surface area contributed by atoms with E-state index in [-0.39, 0.29) is 0 Å². The SMILES string of the molecule is Cc1cc(C(O)Cc2c(Cl)cccc2Cl)ccc1Br. The Morgan fingerprint density at radius 1 is 1.16 bits per heavy atom. The second-order valence-corrected chi connectivity index (χ2v) is 6.10. The zero-order valence-electron chi connectivity index (χ0n) is 10.3. The first kappa shape index (κ1) is 14.9. The highest BCUT2D eigenvalue weighted by Gasteiger charge is 2.14. The summed E-state index contributed by atoms with van der Waals surface area (Å²) in [4.78, 5) is 0. The second kappa shape index (κ2) is 6.27. The summed E-state index contributed by atoms with van der Waals surface area (Å²) in [7, 11) is 0. The third kappa shape index (κ3) is 3.51. The Balaban J connectivity index is 2.25. The molecule has 2 rings (SSSR count). The maximum Gasteiger partial charge on any atom is 0.0831 e. The van der Waals surface area contributed by atoms with Gasteiger partial charge in [0.2, 0.25) is 0 Å². The van der Waals surface area contributed by atoms with Crippen LogP contribution in [-0.4, -0.2) is 5.11 Å². The van der Waals surface area contributed by atoms with Crippen molar-refractivity contribution in [3.8, 4) is 0 Å². The van der Waals surface area contributed by atoms with Gasteiger partial charge >= 0.3 is 0 Å². The lowest BCUT2D eigenvalue weighted by Gasteiger charge is -2.14. The van der Waals surface area contributed by atoms with E-state index in [4.69, 9.17) is 23.2 Å². The smallest absolute Gasteiger partial charge is 0.0831 e. The van der Waals surface area contributed by atoms with Crippen molar-refractivity contribution >= 4 is 39.1 Å². The largest absolute Gasteiger partial charge is 0.388 e. The van der Waals surface area contributed by atoms with E-state index in [2.05, 4.69) is 15.9 Å². The number of hydrogen-bond donors (Lipinski definition) is 1. The van der Waals surface area contributed by atoms with Gasteiger partial charge in [-0.3, -0.25) is 0 Å². The predicted molar refractivity (Wildman–Crippen MR) is 84.0 cm³/mol. The van der Waals surface area contributed by atoms with Gasteiger partial charge in [0.25, 0.3) is 0 Å². The lowest BCUT2D eigenvalue weighted by molar-refractivity contribution is 0.178. The second-order valence-electron chi connectivity index (χ2n) is 4.43. The molecule has 4 heteroatoms. The van der Waals surface area contributed by atoms with Crippen molar-refractivity contribution < 1.29 is 5.11 Å². The zero-order valence-corrected chi connectivity index (χ0v) is 13.4. The Morgan fingerprint density at radius 2 is 1.79 bits per heavy atom. The highest BCUT2D eigenvalue weighted by molar-refractivity contribution is 9.10. The molecular formula is C15H13BrCl2O. The topological polar surface area (TPSA) is 20.2 Å². The standard InChI is InChI=1S/C15H13BrCl2O/c1-9-7-10(5-6-12(9)16)15(19)8-11-13(17)3-2-4-14(11)18/h2-7,15,19H,8H2,1H3. The number of hydrogen-bond acceptors (Lipinski definition) is 1. The first-order valence-corrected chi connectivity index (χ1v) is 7.41. The first-order chi connectivity index (χ1) is 8.99. The molecular weight excluding hydrogens is 347 g/mol. The van der Waals surface area contributed by atoms with Crippen molar-refractivity contribution in [3.05, 3.63) is 67.6 Å². The number of rotatable bonds is 3. The first-order valence-electron chi connectivity index (χ1n) is 5.86. The summed E-state index contributed by atoms with van der Waals surface area (Å²) in [5.74, 6) is 0. The molecule has 0 saturated carbocycles. The fraction of sp³-hybridized carbons (Fsp3) is 0.200. The van der Waals surface area contributed by atoms with Crippen LogP contribution in [-0.2, 0) is 6.42 Å². The van der Waals surface area contributed by atoms with Gasteiger partial charge in [-0.25, -0.2) is 0 Å². The van der Waals surface area contributed by atoms with Crippen molar-refractivity contribution in [1.82, 2.24) is 0 Å².